The average molecular weight is 242 g/mol. The van der Waals surface area contributed by atoms with E-state index in [0.717, 1.165) is 12.2 Å². The van der Waals surface area contributed by atoms with Crippen molar-refractivity contribution in [3.63, 3.8) is 0 Å². The second-order valence-corrected chi connectivity index (χ2v) is 4.33. The number of halogens is 1. The number of carbonyl (C=O) groups is 1. The lowest BCUT2D eigenvalue weighted by molar-refractivity contribution is 0.0950. The Morgan fingerprint density at radius 2 is 2.31 bits per heavy atom. The lowest BCUT2D eigenvalue weighted by Gasteiger charge is -2.06. The molecular formula is C11H15FN2OS. The summed E-state index contributed by atoms with van der Waals surface area (Å²) in [4.78, 5) is 11.6. The lowest BCUT2D eigenvalue weighted by atomic mass is 10.2. The molecule has 0 spiro atoms. The number of amides is 1. The number of nitrogen functional groups attached to an aromatic ring is 1. The highest BCUT2D eigenvalue weighted by Gasteiger charge is 2.10. The van der Waals surface area contributed by atoms with Crippen LogP contribution in [0.1, 0.15) is 16.8 Å². The summed E-state index contributed by atoms with van der Waals surface area (Å²) >= 11 is 1.71. The van der Waals surface area contributed by atoms with Gasteiger partial charge in [-0.2, -0.15) is 11.8 Å². The van der Waals surface area contributed by atoms with Crippen LogP contribution in [0.2, 0.25) is 0 Å². The standard InChI is InChI=1S/C11H15FN2OS/c1-16-6-2-5-14-11(15)9-7-8(13)3-4-10(9)12/h3-4,7H,2,5-6,13H2,1H3,(H,14,15). The van der Waals surface area contributed by atoms with Gasteiger partial charge in [-0.05, 0) is 36.6 Å². The number of carbonyl (C=O) groups excluding carboxylic acids is 1. The van der Waals surface area contributed by atoms with Gasteiger partial charge in [-0.3, -0.25) is 4.79 Å². The number of anilines is 1. The molecule has 0 bridgehead atoms. The van der Waals surface area contributed by atoms with Gasteiger partial charge in [0.25, 0.3) is 5.91 Å². The predicted molar refractivity (Wildman–Crippen MR) is 66.1 cm³/mol. The van der Waals surface area contributed by atoms with Gasteiger partial charge in [-0.1, -0.05) is 0 Å². The summed E-state index contributed by atoms with van der Waals surface area (Å²) in [6, 6.07) is 3.98. The van der Waals surface area contributed by atoms with Crippen LogP contribution < -0.4 is 11.1 Å². The molecule has 0 atom stereocenters. The van der Waals surface area contributed by atoms with Gasteiger partial charge in [-0.25, -0.2) is 4.39 Å². The fourth-order valence-corrected chi connectivity index (χ4v) is 1.66. The normalized spacial score (nSPS) is 10.1. The van der Waals surface area contributed by atoms with E-state index >= 15 is 0 Å². The third kappa shape index (κ3) is 3.73. The monoisotopic (exact) mass is 242 g/mol. The molecule has 0 saturated heterocycles. The highest BCUT2D eigenvalue weighted by atomic mass is 32.2. The predicted octanol–water partition coefficient (Wildman–Crippen LogP) is 1.89. The zero-order chi connectivity index (χ0) is 12.0. The maximum absolute atomic E-state index is 13.3. The molecule has 0 saturated carbocycles. The van der Waals surface area contributed by atoms with Crippen LogP contribution in [-0.4, -0.2) is 24.5 Å². The first kappa shape index (κ1) is 12.8. The highest BCUT2D eigenvalue weighted by Crippen LogP contribution is 2.11. The average Bonchev–Trinajstić information content (AvgIpc) is 2.27. The van der Waals surface area contributed by atoms with Gasteiger partial charge in [0.2, 0.25) is 0 Å². The van der Waals surface area contributed by atoms with Crippen molar-refractivity contribution in [3.8, 4) is 0 Å². The maximum Gasteiger partial charge on any atom is 0.254 e. The van der Waals surface area contributed by atoms with Gasteiger partial charge >= 0.3 is 0 Å². The zero-order valence-corrected chi connectivity index (χ0v) is 9.94. The number of thioether (sulfide) groups is 1. The summed E-state index contributed by atoms with van der Waals surface area (Å²) in [5, 5.41) is 2.65. The number of rotatable bonds is 5. The molecule has 88 valence electrons. The van der Waals surface area contributed by atoms with Crippen molar-refractivity contribution in [3.05, 3.63) is 29.6 Å². The fourth-order valence-electron chi connectivity index (χ4n) is 1.23. The molecule has 0 aliphatic carbocycles. The number of nitrogens with two attached hydrogens (primary N) is 1. The molecule has 5 heteroatoms. The summed E-state index contributed by atoms with van der Waals surface area (Å²) in [5.41, 5.74) is 5.88. The van der Waals surface area contributed by atoms with Crippen molar-refractivity contribution in [1.29, 1.82) is 0 Å². The summed E-state index contributed by atoms with van der Waals surface area (Å²) < 4.78 is 13.3. The van der Waals surface area contributed by atoms with Gasteiger partial charge in [0, 0.05) is 12.2 Å². The molecule has 0 aliphatic heterocycles. The van der Waals surface area contributed by atoms with Gasteiger partial charge in [-0.15, -0.1) is 0 Å². The summed E-state index contributed by atoms with van der Waals surface area (Å²) in [5.74, 6) is 0.0159. The molecule has 3 nitrogen and oxygen atoms in total. The van der Waals surface area contributed by atoms with Gasteiger partial charge in [0.15, 0.2) is 0 Å². The SMILES string of the molecule is CSCCCNC(=O)c1cc(N)ccc1F. The summed E-state index contributed by atoms with van der Waals surface area (Å²) in [6.45, 7) is 0.550. The molecule has 16 heavy (non-hydrogen) atoms. The highest BCUT2D eigenvalue weighted by molar-refractivity contribution is 7.98. The van der Waals surface area contributed by atoms with Crippen LogP contribution in [0.4, 0.5) is 10.1 Å². The minimum Gasteiger partial charge on any atom is -0.399 e. The number of benzene rings is 1. The molecular weight excluding hydrogens is 227 g/mol. The van der Waals surface area contributed by atoms with E-state index in [4.69, 9.17) is 5.73 Å². The third-order valence-corrected chi connectivity index (χ3v) is 2.74. The quantitative estimate of drug-likeness (QED) is 0.612. The number of hydrogen-bond donors (Lipinski definition) is 2. The first-order valence-corrected chi connectivity index (χ1v) is 6.36. The minimum atomic E-state index is -0.545. The zero-order valence-electron chi connectivity index (χ0n) is 9.13. The Hall–Kier alpha value is -1.23. The maximum atomic E-state index is 13.3. The van der Waals surface area contributed by atoms with E-state index in [2.05, 4.69) is 5.32 Å². The Morgan fingerprint density at radius 3 is 3.00 bits per heavy atom. The van der Waals surface area contributed by atoms with Crippen molar-refractivity contribution in [2.45, 2.75) is 6.42 Å². The van der Waals surface area contributed by atoms with E-state index in [1.54, 1.807) is 11.8 Å². The Morgan fingerprint density at radius 1 is 1.56 bits per heavy atom. The van der Waals surface area contributed by atoms with Gasteiger partial charge < -0.3 is 11.1 Å². The van der Waals surface area contributed by atoms with Crippen molar-refractivity contribution in [1.82, 2.24) is 5.32 Å². The molecule has 0 radical (unpaired) electrons. The van der Waals surface area contributed by atoms with Crippen LogP contribution >= 0.6 is 11.8 Å². The molecule has 0 unspecified atom stereocenters. The molecule has 0 aromatic heterocycles. The van der Waals surface area contributed by atoms with E-state index in [9.17, 15) is 9.18 Å². The molecule has 1 rings (SSSR count). The summed E-state index contributed by atoms with van der Waals surface area (Å²) in [7, 11) is 0. The lowest BCUT2D eigenvalue weighted by Crippen LogP contribution is -2.25. The topological polar surface area (TPSA) is 55.1 Å². The van der Waals surface area contributed by atoms with Crippen LogP contribution in [0, 0.1) is 5.82 Å². The van der Waals surface area contributed by atoms with E-state index in [0.29, 0.717) is 12.2 Å². The van der Waals surface area contributed by atoms with Crippen LogP contribution in [0.5, 0.6) is 0 Å². The van der Waals surface area contributed by atoms with Gasteiger partial charge in [0.1, 0.15) is 5.82 Å². The second-order valence-electron chi connectivity index (χ2n) is 3.34. The largest absolute Gasteiger partial charge is 0.399 e. The molecule has 0 fully saturated rings. The van der Waals surface area contributed by atoms with E-state index in [1.807, 2.05) is 6.26 Å². The van der Waals surface area contributed by atoms with Crippen molar-refractivity contribution in [2.24, 2.45) is 0 Å². The Labute approximate surface area is 98.6 Å². The molecule has 1 amide bonds. The van der Waals surface area contributed by atoms with Gasteiger partial charge in [0.05, 0.1) is 5.56 Å². The molecule has 1 aromatic rings. The number of nitrogens with one attached hydrogen (secondary N) is 1. The van der Waals surface area contributed by atoms with E-state index in [1.165, 1.54) is 18.2 Å². The van der Waals surface area contributed by atoms with Crippen molar-refractivity contribution < 1.29 is 9.18 Å². The summed E-state index contributed by atoms with van der Waals surface area (Å²) in [6.07, 6.45) is 2.87. The van der Waals surface area contributed by atoms with Crippen molar-refractivity contribution in [2.75, 3.05) is 24.3 Å². The first-order chi connectivity index (χ1) is 7.65. The molecule has 0 aliphatic rings. The van der Waals surface area contributed by atoms with Crippen LogP contribution in [-0.2, 0) is 0 Å². The van der Waals surface area contributed by atoms with E-state index < -0.39 is 11.7 Å². The Balaban J connectivity index is 2.55. The molecule has 3 N–H and O–H groups in total. The second kappa shape index (κ2) is 6.37. The Bertz CT molecular complexity index is 371. The molecule has 1 aromatic carbocycles. The first-order valence-electron chi connectivity index (χ1n) is 4.97. The van der Waals surface area contributed by atoms with Crippen molar-refractivity contribution >= 4 is 23.4 Å². The van der Waals surface area contributed by atoms with Crippen LogP contribution in [0.25, 0.3) is 0 Å². The smallest absolute Gasteiger partial charge is 0.254 e. The molecule has 0 heterocycles. The van der Waals surface area contributed by atoms with Crippen LogP contribution in [0.3, 0.4) is 0 Å². The fraction of sp³-hybridized carbons (Fsp3) is 0.364. The van der Waals surface area contributed by atoms with E-state index in [-0.39, 0.29) is 5.56 Å². The third-order valence-electron chi connectivity index (χ3n) is 2.05. The Kier molecular flexibility index (Phi) is 5.11. The number of hydrogen-bond acceptors (Lipinski definition) is 3. The van der Waals surface area contributed by atoms with Crippen LogP contribution in [0.15, 0.2) is 18.2 Å². The minimum absolute atomic E-state index is 0.00384.